The molecule has 0 aromatic heterocycles. The molecule has 0 saturated carbocycles. The van der Waals surface area contributed by atoms with Crippen LogP contribution in [0.2, 0.25) is 6.04 Å². The van der Waals surface area contributed by atoms with E-state index in [4.69, 9.17) is 17.7 Å². The molecular formula is C19H46O4S2Si2. The Kier molecular flexibility index (Phi) is 22.6. The smallest absolute Gasteiger partial charge is 0.419 e. The fourth-order valence-electron chi connectivity index (χ4n) is 2.60. The number of unbranched alkanes of at least 4 members (excludes halogenated alkanes) is 8. The lowest BCUT2D eigenvalue weighted by Crippen LogP contribution is -2.42. The van der Waals surface area contributed by atoms with Gasteiger partial charge in [0, 0.05) is 38.4 Å². The van der Waals surface area contributed by atoms with E-state index in [0.717, 1.165) is 23.6 Å². The third-order valence-corrected chi connectivity index (χ3v) is 9.15. The standard InChI is InChI=1S/C14H32O3SSi.C5H14OSSi/c1-15-19(16-2,17-3)14-12-10-8-6-4-5-7-9-11-13-18;1-5(2,3)6-8-4-7/h18H,4-14H2,1-3H3;7H,4,8H2,1-3H3. The molecule has 0 unspecified atom stereocenters. The molecule has 0 amide bonds. The predicted octanol–water partition coefficient (Wildman–Crippen LogP) is 5.08. The highest BCUT2D eigenvalue weighted by atomic mass is 32.1. The maximum absolute atomic E-state index is 5.44. The van der Waals surface area contributed by atoms with Crippen LogP contribution in [0.1, 0.15) is 78.6 Å². The van der Waals surface area contributed by atoms with Gasteiger partial charge in [0.15, 0.2) is 9.76 Å². The largest absolute Gasteiger partial charge is 0.500 e. The molecule has 0 N–H and O–H groups in total. The van der Waals surface area contributed by atoms with Crippen molar-refractivity contribution in [3.05, 3.63) is 0 Å². The molecule has 0 aromatic carbocycles. The number of hydrogen-bond donors (Lipinski definition) is 2. The summed E-state index contributed by atoms with van der Waals surface area (Å²) in [6.07, 6.45) is 11.8. The molecule has 0 fully saturated rings. The van der Waals surface area contributed by atoms with Crippen molar-refractivity contribution in [2.24, 2.45) is 0 Å². The Hall–Kier alpha value is 0.974. The molecule has 8 heteroatoms. The molecule has 0 saturated heterocycles. The van der Waals surface area contributed by atoms with Crippen LogP contribution < -0.4 is 0 Å². The first kappa shape index (κ1) is 30.2. The number of rotatable bonds is 16. The topological polar surface area (TPSA) is 36.9 Å². The molecule has 0 aliphatic heterocycles. The Morgan fingerprint density at radius 3 is 1.41 bits per heavy atom. The summed E-state index contributed by atoms with van der Waals surface area (Å²) in [7, 11) is 2.42. The first-order chi connectivity index (χ1) is 12.8. The van der Waals surface area contributed by atoms with Gasteiger partial charge in [0.1, 0.15) is 0 Å². The van der Waals surface area contributed by atoms with E-state index in [9.17, 15) is 0 Å². The van der Waals surface area contributed by atoms with Crippen LogP contribution in [0.3, 0.4) is 0 Å². The highest BCUT2D eigenvalue weighted by Gasteiger charge is 2.36. The lowest BCUT2D eigenvalue weighted by molar-refractivity contribution is 0.122. The van der Waals surface area contributed by atoms with Crippen LogP contribution in [-0.2, 0) is 17.7 Å². The Morgan fingerprint density at radius 1 is 0.704 bits per heavy atom. The summed E-state index contributed by atoms with van der Waals surface area (Å²) in [5, 5.41) is 0.942. The Bertz CT molecular complexity index is 294. The monoisotopic (exact) mass is 458 g/mol. The predicted molar refractivity (Wildman–Crippen MR) is 130 cm³/mol. The zero-order valence-electron chi connectivity index (χ0n) is 18.7. The van der Waals surface area contributed by atoms with Gasteiger partial charge in [0.05, 0.1) is 0 Å². The van der Waals surface area contributed by atoms with Crippen LogP contribution in [0.15, 0.2) is 0 Å². The van der Waals surface area contributed by atoms with Gasteiger partial charge < -0.3 is 17.7 Å². The summed E-state index contributed by atoms with van der Waals surface area (Å²) in [4.78, 5) is 0. The van der Waals surface area contributed by atoms with E-state index >= 15 is 0 Å². The van der Waals surface area contributed by atoms with Crippen molar-refractivity contribution < 1.29 is 17.7 Å². The molecule has 0 aliphatic carbocycles. The van der Waals surface area contributed by atoms with Crippen LogP contribution in [-0.4, -0.2) is 56.6 Å². The van der Waals surface area contributed by atoms with Gasteiger partial charge in [-0.15, -0.1) is 0 Å². The summed E-state index contributed by atoms with van der Waals surface area (Å²) >= 11 is 8.29. The molecule has 4 nitrogen and oxygen atoms in total. The van der Waals surface area contributed by atoms with Gasteiger partial charge in [0.25, 0.3) is 0 Å². The van der Waals surface area contributed by atoms with Crippen molar-refractivity contribution in [2.45, 2.75) is 90.2 Å². The molecule has 0 aliphatic rings. The van der Waals surface area contributed by atoms with Crippen LogP contribution in [0.5, 0.6) is 0 Å². The van der Waals surface area contributed by atoms with Crippen LogP contribution in [0.25, 0.3) is 0 Å². The van der Waals surface area contributed by atoms with E-state index in [1.54, 1.807) is 21.3 Å². The van der Waals surface area contributed by atoms with Gasteiger partial charge in [-0.05, 0) is 39.4 Å². The third kappa shape index (κ3) is 21.5. The molecule has 0 spiro atoms. The minimum absolute atomic E-state index is 0.0644. The van der Waals surface area contributed by atoms with Gasteiger partial charge in [-0.1, -0.05) is 44.9 Å². The van der Waals surface area contributed by atoms with Gasteiger partial charge in [-0.2, -0.15) is 25.3 Å². The minimum Gasteiger partial charge on any atom is -0.419 e. The van der Waals surface area contributed by atoms with E-state index in [1.165, 1.54) is 51.4 Å². The van der Waals surface area contributed by atoms with Gasteiger partial charge in [-0.3, -0.25) is 0 Å². The molecule has 0 aromatic rings. The van der Waals surface area contributed by atoms with E-state index in [-0.39, 0.29) is 15.4 Å². The van der Waals surface area contributed by atoms with Crippen molar-refractivity contribution in [1.29, 1.82) is 0 Å². The summed E-state index contributed by atoms with van der Waals surface area (Å²) < 4.78 is 21.7. The second-order valence-corrected chi connectivity index (χ2v) is 13.7. The molecular weight excluding hydrogens is 413 g/mol. The second-order valence-electron chi connectivity index (χ2n) is 7.64. The van der Waals surface area contributed by atoms with Crippen molar-refractivity contribution in [3.63, 3.8) is 0 Å². The minimum atomic E-state index is -2.31. The first-order valence-corrected chi connectivity index (χ1v) is 15.1. The van der Waals surface area contributed by atoms with E-state index in [2.05, 4.69) is 46.0 Å². The maximum Gasteiger partial charge on any atom is 0.500 e. The number of thiol groups is 2. The normalized spacial score (nSPS) is 12.4. The summed E-state index contributed by atoms with van der Waals surface area (Å²) in [6, 6.07) is 0.929. The quantitative estimate of drug-likeness (QED) is 0.192. The van der Waals surface area contributed by atoms with Gasteiger partial charge in [0.2, 0.25) is 0 Å². The average molecular weight is 459 g/mol. The van der Waals surface area contributed by atoms with Crippen molar-refractivity contribution in [1.82, 2.24) is 0 Å². The molecule has 0 rings (SSSR count). The van der Waals surface area contributed by atoms with Crippen molar-refractivity contribution in [3.8, 4) is 0 Å². The Balaban J connectivity index is 0. The molecule has 166 valence electrons. The summed E-state index contributed by atoms with van der Waals surface area (Å²) in [5.41, 5.74) is 0.0644. The molecule has 0 bridgehead atoms. The maximum atomic E-state index is 5.44. The molecule has 0 atom stereocenters. The van der Waals surface area contributed by atoms with Gasteiger partial charge >= 0.3 is 8.80 Å². The zero-order valence-corrected chi connectivity index (χ0v) is 22.9. The molecule has 0 heterocycles. The Labute approximate surface area is 184 Å². The highest BCUT2D eigenvalue weighted by molar-refractivity contribution is 7.81. The van der Waals surface area contributed by atoms with Gasteiger partial charge in [-0.25, -0.2) is 0 Å². The lowest BCUT2D eigenvalue weighted by Gasteiger charge is -2.24. The van der Waals surface area contributed by atoms with E-state index < -0.39 is 8.80 Å². The summed E-state index contributed by atoms with van der Waals surface area (Å²) in [5.74, 6) is 1.03. The third-order valence-electron chi connectivity index (χ3n) is 4.20. The van der Waals surface area contributed by atoms with Crippen LogP contribution in [0.4, 0.5) is 0 Å². The second kappa shape index (κ2) is 20.3. The lowest BCUT2D eigenvalue weighted by atomic mass is 10.1. The van der Waals surface area contributed by atoms with Crippen molar-refractivity contribution >= 4 is 43.8 Å². The van der Waals surface area contributed by atoms with Crippen molar-refractivity contribution in [2.75, 3.05) is 32.5 Å². The fraction of sp³-hybridized carbons (Fsp3) is 1.00. The first-order valence-electron chi connectivity index (χ1n) is 10.3. The van der Waals surface area contributed by atoms with E-state index in [0.29, 0.717) is 0 Å². The molecule has 27 heavy (non-hydrogen) atoms. The van der Waals surface area contributed by atoms with Crippen LogP contribution in [0, 0.1) is 0 Å². The number of hydrogen-bond acceptors (Lipinski definition) is 6. The average Bonchev–Trinajstić information content (AvgIpc) is 2.65. The SMILES string of the molecule is CC(C)(C)O[SiH2]CS.CO[Si](CCCCCCCCCCCS)(OC)OC. The summed E-state index contributed by atoms with van der Waals surface area (Å²) in [6.45, 7) is 6.22. The zero-order chi connectivity index (χ0) is 21.0. The van der Waals surface area contributed by atoms with E-state index in [1.807, 2.05) is 0 Å². The van der Waals surface area contributed by atoms with Crippen LogP contribution >= 0.6 is 25.3 Å². The Morgan fingerprint density at radius 2 is 1.11 bits per heavy atom. The highest BCUT2D eigenvalue weighted by Crippen LogP contribution is 2.18. The fourth-order valence-corrected chi connectivity index (χ4v) is 5.60. The molecule has 0 radical (unpaired) electrons.